The van der Waals surface area contributed by atoms with Gasteiger partial charge in [0.2, 0.25) is 11.9 Å². The predicted molar refractivity (Wildman–Crippen MR) is 160 cm³/mol. The van der Waals surface area contributed by atoms with Crippen LogP contribution in [0.3, 0.4) is 0 Å². The molecule has 2 aromatic heterocycles. The molecule has 0 aliphatic heterocycles. The molecule has 4 aromatic carbocycles. The molecule has 194 valence electrons. The number of nitrogens with two attached hydrogens (primary N) is 2. The van der Waals surface area contributed by atoms with Crippen LogP contribution in [-0.2, 0) is 0 Å². The highest BCUT2D eigenvalue weighted by Crippen LogP contribution is 2.35. The quantitative estimate of drug-likeness (QED) is 0.250. The Morgan fingerprint density at radius 1 is 0.375 bits per heavy atom. The monoisotopic (exact) mass is 520 g/mol. The van der Waals surface area contributed by atoms with Crippen molar-refractivity contribution in [2.45, 2.75) is 11.8 Å². The lowest BCUT2D eigenvalue weighted by Crippen LogP contribution is -2.11. The van der Waals surface area contributed by atoms with Crippen LogP contribution in [0.25, 0.3) is 11.4 Å². The maximum atomic E-state index is 6.31. The van der Waals surface area contributed by atoms with E-state index in [0.717, 1.165) is 33.6 Å². The fourth-order valence-corrected chi connectivity index (χ4v) is 5.18. The number of hydrogen-bond acceptors (Lipinski definition) is 6. The summed E-state index contributed by atoms with van der Waals surface area (Å²) in [6.07, 6.45) is 0. The average Bonchev–Trinajstić information content (AvgIpc) is 2.99. The molecule has 6 aromatic rings. The molecule has 0 spiro atoms. The molecule has 6 rings (SSSR count). The summed E-state index contributed by atoms with van der Waals surface area (Å²) in [5, 5.41) is 0. The zero-order valence-electron chi connectivity index (χ0n) is 21.8. The van der Waals surface area contributed by atoms with Crippen molar-refractivity contribution in [3.05, 3.63) is 167 Å². The van der Waals surface area contributed by atoms with Crippen molar-refractivity contribution >= 4 is 11.9 Å². The van der Waals surface area contributed by atoms with Gasteiger partial charge in [-0.25, -0.2) is 19.9 Å². The Labute approximate surface area is 233 Å². The smallest absolute Gasteiger partial charge is 0.220 e. The van der Waals surface area contributed by atoms with Crippen molar-refractivity contribution in [3.63, 3.8) is 0 Å². The number of hydrogen-bond donors (Lipinski definition) is 2. The van der Waals surface area contributed by atoms with E-state index in [9.17, 15) is 0 Å². The Kier molecular flexibility index (Phi) is 6.97. The zero-order valence-corrected chi connectivity index (χ0v) is 21.8. The number of aromatic nitrogens is 4. The van der Waals surface area contributed by atoms with Crippen molar-refractivity contribution in [1.82, 2.24) is 19.9 Å². The van der Waals surface area contributed by atoms with Crippen molar-refractivity contribution in [2.75, 3.05) is 11.5 Å². The largest absolute Gasteiger partial charge is 0.368 e. The molecule has 2 heterocycles. The average molecular weight is 521 g/mol. The Morgan fingerprint density at radius 2 is 0.650 bits per heavy atom. The highest BCUT2D eigenvalue weighted by atomic mass is 15.0. The second-order valence-electron chi connectivity index (χ2n) is 9.58. The molecule has 0 saturated carbocycles. The lowest BCUT2D eigenvalue weighted by molar-refractivity contribution is 0.900. The van der Waals surface area contributed by atoms with Gasteiger partial charge in [-0.2, -0.15) is 0 Å². The standard InChI is InChI=1S/C34H28N6/c35-33-37-27(21-29(39-33)31(23-13-5-1-6-14-23)24-15-7-2-8-16-24)28-22-30(40-34(36)38-28)32(25-17-9-3-10-18-25)26-19-11-4-12-20-26/h1-22,31-32H,(H2,35,37,39)(H2,36,38,40). The van der Waals surface area contributed by atoms with E-state index in [1.54, 1.807) is 0 Å². The first kappa shape index (κ1) is 24.9. The molecule has 0 aliphatic carbocycles. The molecule has 0 amide bonds. The van der Waals surface area contributed by atoms with Crippen molar-refractivity contribution in [1.29, 1.82) is 0 Å². The van der Waals surface area contributed by atoms with Gasteiger partial charge < -0.3 is 11.5 Å². The summed E-state index contributed by atoms with van der Waals surface area (Å²) < 4.78 is 0. The molecular weight excluding hydrogens is 492 g/mol. The van der Waals surface area contributed by atoms with Gasteiger partial charge in [0, 0.05) is 0 Å². The molecular formula is C34H28N6. The van der Waals surface area contributed by atoms with Crippen LogP contribution < -0.4 is 11.5 Å². The molecule has 6 heteroatoms. The highest BCUT2D eigenvalue weighted by Gasteiger charge is 2.23. The third-order valence-electron chi connectivity index (χ3n) is 6.91. The van der Waals surface area contributed by atoms with E-state index in [4.69, 9.17) is 11.5 Å². The maximum absolute atomic E-state index is 6.31. The van der Waals surface area contributed by atoms with Crippen LogP contribution in [-0.4, -0.2) is 19.9 Å². The summed E-state index contributed by atoms with van der Waals surface area (Å²) in [4.78, 5) is 18.5. The fraction of sp³-hybridized carbons (Fsp3) is 0.0588. The fourth-order valence-electron chi connectivity index (χ4n) is 5.18. The zero-order chi connectivity index (χ0) is 27.3. The first-order valence-corrected chi connectivity index (χ1v) is 13.1. The summed E-state index contributed by atoms with van der Waals surface area (Å²) in [6.45, 7) is 0. The molecule has 40 heavy (non-hydrogen) atoms. The van der Waals surface area contributed by atoms with E-state index >= 15 is 0 Å². The third kappa shape index (κ3) is 5.28. The van der Waals surface area contributed by atoms with E-state index < -0.39 is 0 Å². The molecule has 0 saturated heterocycles. The van der Waals surface area contributed by atoms with Crippen LogP contribution in [0.15, 0.2) is 133 Å². The second kappa shape index (κ2) is 11.2. The van der Waals surface area contributed by atoms with E-state index in [1.807, 2.05) is 84.9 Å². The van der Waals surface area contributed by atoms with Crippen LogP contribution in [0.2, 0.25) is 0 Å². The highest BCUT2D eigenvalue weighted by molar-refractivity contribution is 5.60. The summed E-state index contributed by atoms with van der Waals surface area (Å²) in [7, 11) is 0. The first-order valence-electron chi connectivity index (χ1n) is 13.1. The molecule has 0 radical (unpaired) electrons. The van der Waals surface area contributed by atoms with E-state index in [0.29, 0.717) is 11.4 Å². The number of benzene rings is 4. The van der Waals surface area contributed by atoms with Crippen LogP contribution in [0.4, 0.5) is 11.9 Å². The Morgan fingerprint density at radius 3 is 0.925 bits per heavy atom. The molecule has 0 unspecified atom stereocenters. The lowest BCUT2D eigenvalue weighted by Gasteiger charge is -2.20. The molecule has 6 nitrogen and oxygen atoms in total. The molecule has 0 atom stereocenters. The lowest BCUT2D eigenvalue weighted by atomic mass is 9.87. The summed E-state index contributed by atoms with van der Waals surface area (Å²) >= 11 is 0. The summed E-state index contributed by atoms with van der Waals surface area (Å²) in [6, 6.07) is 44.9. The Bertz CT molecular complexity index is 1500. The number of nitrogens with zero attached hydrogens (tertiary/aromatic N) is 4. The first-order chi connectivity index (χ1) is 19.7. The molecule has 0 aliphatic rings. The van der Waals surface area contributed by atoms with Gasteiger partial charge in [0.25, 0.3) is 0 Å². The van der Waals surface area contributed by atoms with Crippen molar-refractivity contribution in [2.24, 2.45) is 0 Å². The molecule has 0 bridgehead atoms. The number of rotatable bonds is 7. The topological polar surface area (TPSA) is 104 Å². The van der Waals surface area contributed by atoms with Gasteiger partial charge in [0.15, 0.2) is 0 Å². The third-order valence-corrected chi connectivity index (χ3v) is 6.91. The van der Waals surface area contributed by atoms with E-state index in [2.05, 4.69) is 68.5 Å². The van der Waals surface area contributed by atoms with Gasteiger partial charge in [-0.15, -0.1) is 0 Å². The van der Waals surface area contributed by atoms with Crippen LogP contribution in [0.1, 0.15) is 45.5 Å². The van der Waals surface area contributed by atoms with Gasteiger partial charge in [-0.3, -0.25) is 0 Å². The summed E-state index contributed by atoms with van der Waals surface area (Å²) in [5.74, 6) is 0.0783. The number of nitrogen functional groups attached to an aromatic ring is 2. The second-order valence-corrected chi connectivity index (χ2v) is 9.58. The SMILES string of the molecule is Nc1nc(-c2cc(C(c3ccccc3)c3ccccc3)nc(N)n2)cc(C(c2ccccc2)c2ccccc2)n1. The van der Waals surface area contributed by atoms with Crippen molar-refractivity contribution < 1.29 is 0 Å². The van der Waals surface area contributed by atoms with Crippen molar-refractivity contribution in [3.8, 4) is 11.4 Å². The summed E-state index contributed by atoms with van der Waals surface area (Å²) in [5.41, 5.74) is 19.8. The number of anilines is 2. The minimum absolute atomic E-state index is 0.133. The molecule has 4 N–H and O–H groups in total. The van der Waals surface area contributed by atoms with E-state index in [-0.39, 0.29) is 23.7 Å². The van der Waals surface area contributed by atoms with Gasteiger partial charge >= 0.3 is 0 Å². The minimum atomic E-state index is -0.133. The maximum Gasteiger partial charge on any atom is 0.220 e. The normalized spacial score (nSPS) is 11.2. The van der Waals surface area contributed by atoms with Crippen LogP contribution in [0, 0.1) is 0 Å². The van der Waals surface area contributed by atoms with Gasteiger partial charge in [0.05, 0.1) is 34.6 Å². The van der Waals surface area contributed by atoms with Gasteiger partial charge in [-0.1, -0.05) is 121 Å². The predicted octanol–water partition coefficient (Wildman–Crippen LogP) is 6.46. The molecule has 0 fully saturated rings. The van der Waals surface area contributed by atoms with Gasteiger partial charge in [-0.05, 0) is 34.4 Å². The Balaban J connectivity index is 1.49. The van der Waals surface area contributed by atoms with Crippen LogP contribution >= 0.6 is 0 Å². The minimum Gasteiger partial charge on any atom is -0.368 e. The van der Waals surface area contributed by atoms with Crippen LogP contribution in [0.5, 0.6) is 0 Å². The van der Waals surface area contributed by atoms with E-state index in [1.165, 1.54) is 0 Å². The Hall–Kier alpha value is -5.36. The van der Waals surface area contributed by atoms with Gasteiger partial charge in [0.1, 0.15) is 0 Å².